The Hall–Kier alpha value is -1.42. The van der Waals surface area contributed by atoms with Crippen molar-refractivity contribution >= 4 is 23.2 Å². The maximum Gasteiger partial charge on any atom is 0.119 e. The predicted octanol–water partition coefficient (Wildman–Crippen LogP) is 4.16. The second-order valence-electron chi connectivity index (χ2n) is 3.72. The Bertz CT molecular complexity index is 509. The number of halogens is 2. The van der Waals surface area contributed by atoms with Crippen LogP contribution in [0.15, 0.2) is 36.4 Å². The molecule has 2 rings (SSSR count). The topological polar surface area (TPSA) is 75.5 Å². The van der Waals surface area contributed by atoms with Crippen molar-refractivity contribution in [1.29, 1.82) is 0 Å². The molecule has 0 aliphatic heterocycles. The molecule has 2 aromatic carbocycles. The third-order valence-corrected chi connectivity index (χ3v) is 2.93. The molecule has 5 N–H and O–H groups in total. The number of benzene rings is 2. The molecule has 0 radical (unpaired) electrons. The van der Waals surface area contributed by atoms with Gasteiger partial charge in [0.05, 0.1) is 0 Å². The van der Waals surface area contributed by atoms with Gasteiger partial charge >= 0.3 is 0 Å². The predicted molar refractivity (Wildman–Crippen MR) is 74.1 cm³/mol. The Balaban J connectivity index is 0.00000162. The van der Waals surface area contributed by atoms with Crippen LogP contribution in [0.3, 0.4) is 0 Å². The van der Waals surface area contributed by atoms with E-state index in [0.717, 1.165) is 0 Å². The molecule has 0 saturated carbocycles. The van der Waals surface area contributed by atoms with Crippen LogP contribution in [0.5, 0.6) is 11.5 Å². The minimum absolute atomic E-state index is 0. The van der Waals surface area contributed by atoms with Gasteiger partial charge in [0.1, 0.15) is 11.5 Å². The number of phenols is 2. The van der Waals surface area contributed by atoms with Crippen molar-refractivity contribution < 1.29 is 10.2 Å². The first-order valence-corrected chi connectivity index (χ1v) is 5.76. The first-order chi connectivity index (χ1) is 8.06. The first kappa shape index (κ1) is 14.6. The molecule has 3 nitrogen and oxygen atoms in total. The van der Waals surface area contributed by atoms with Gasteiger partial charge in [-0.1, -0.05) is 23.2 Å². The molecule has 0 aliphatic rings. The van der Waals surface area contributed by atoms with Crippen LogP contribution in [0.4, 0.5) is 0 Å². The molecular formula is C13H13Cl2NO2. The third kappa shape index (κ3) is 3.29. The van der Waals surface area contributed by atoms with Crippen molar-refractivity contribution in [3.63, 3.8) is 0 Å². The highest BCUT2D eigenvalue weighted by atomic mass is 35.5. The summed E-state index contributed by atoms with van der Waals surface area (Å²) in [4.78, 5) is 0. The van der Waals surface area contributed by atoms with Gasteiger partial charge in [-0.2, -0.15) is 0 Å². The average molecular weight is 286 g/mol. The average Bonchev–Trinajstić information content (AvgIpc) is 2.28. The summed E-state index contributed by atoms with van der Waals surface area (Å²) in [5.74, 6) is 0.294. The van der Waals surface area contributed by atoms with Gasteiger partial charge in [0.15, 0.2) is 0 Å². The second kappa shape index (κ2) is 5.96. The molecule has 0 aliphatic carbocycles. The third-order valence-electron chi connectivity index (χ3n) is 2.46. The highest BCUT2D eigenvalue weighted by Gasteiger charge is 2.07. The van der Waals surface area contributed by atoms with E-state index in [-0.39, 0.29) is 17.6 Å². The van der Waals surface area contributed by atoms with E-state index in [0.29, 0.717) is 27.6 Å². The Morgan fingerprint density at radius 1 is 0.778 bits per heavy atom. The fourth-order valence-electron chi connectivity index (χ4n) is 1.60. The Kier molecular flexibility index (Phi) is 4.84. The minimum atomic E-state index is 0. The van der Waals surface area contributed by atoms with Crippen LogP contribution in [0, 0.1) is 0 Å². The van der Waals surface area contributed by atoms with Gasteiger partial charge in [-0.05, 0) is 47.5 Å². The van der Waals surface area contributed by atoms with Gasteiger partial charge in [0, 0.05) is 16.5 Å². The van der Waals surface area contributed by atoms with E-state index in [9.17, 15) is 10.2 Å². The van der Waals surface area contributed by atoms with Gasteiger partial charge in [-0.15, -0.1) is 0 Å². The lowest BCUT2D eigenvalue weighted by Crippen LogP contribution is -1.90. The molecule has 18 heavy (non-hydrogen) atoms. The van der Waals surface area contributed by atoms with Crippen molar-refractivity contribution in [3.05, 3.63) is 57.6 Å². The first-order valence-electron chi connectivity index (χ1n) is 5.01. The molecule has 0 amide bonds. The number of phenolic OH excluding ortho intramolecular Hbond substituents is 2. The lowest BCUT2D eigenvalue weighted by atomic mass is 10.0. The van der Waals surface area contributed by atoms with Crippen molar-refractivity contribution in [1.82, 2.24) is 6.15 Å². The zero-order chi connectivity index (χ0) is 12.4. The summed E-state index contributed by atoms with van der Waals surface area (Å²) in [6, 6.07) is 9.60. The fourth-order valence-corrected chi connectivity index (χ4v) is 1.99. The van der Waals surface area contributed by atoms with Crippen LogP contribution >= 0.6 is 23.2 Å². The molecule has 5 heteroatoms. The molecule has 96 valence electrons. The highest BCUT2D eigenvalue weighted by molar-refractivity contribution is 6.31. The van der Waals surface area contributed by atoms with Crippen LogP contribution < -0.4 is 6.15 Å². The molecule has 0 aromatic heterocycles. The standard InChI is InChI=1S/C13H10Cl2O2.H3N/c14-10-1-3-12(16)8(6-10)5-9-7-11(15)2-4-13(9)17;/h1-4,6-7,16-17H,5H2;1H3. The van der Waals surface area contributed by atoms with E-state index < -0.39 is 0 Å². The number of hydrogen-bond acceptors (Lipinski definition) is 3. The minimum Gasteiger partial charge on any atom is -0.508 e. The summed E-state index contributed by atoms with van der Waals surface area (Å²) in [5, 5.41) is 20.4. The van der Waals surface area contributed by atoms with Crippen LogP contribution in [-0.2, 0) is 6.42 Å². The van der Waals surface area contributed by atoms with Crippen LogP contribution in [0.2, 0.25) is 10.0 Å². The SMILES string of the molecule is N.Oc1ccc(Cl)cc1Cc1cc(Cl)ccc1O. The normalized spacial score (nSPS) is 9.89. The van der Waals surface area contributed by atoms with Crippen molar-refractivity contribution in [3.8, 4) is 11.5 Å². The second-order valence-corrected chi connectivity index (χ2v) is 4.60. The zero-order valence-corrected chi connectivity index (χ0v) is 11.0. The molecule has 0 heterocycles. The van der Waals surface area contributed by atoms with E-state index in [1.54, 1.807) is 24.3 Å². The van der Waals surface area contributed by atoms with E-state index >= 15 is 0 Å². The molecule has 2 aromatic rings. The molecule has 0 unspecified atom stereocenters. The van der Waals surface area contributed by atoms with Gasteiger partial charge in [0.25, 0.3) is 0 Å². The summed E-state index contributed by atoms with van der Waals surface area (Å²) in [7, 11) is 0. The Morgan fingerprint density at radius 2 is 1.17 bits per heavy atom. The molecule has 0 saturated heterocycles. The lowest BCUT2D eigenvalue weighted by molar-refractivity contribution is 0.463. The Labute approximate surface area is 115 Å². The van der Waals surface area contributed by atoms with Gasteiger partial charge in [-0.3, -0.25) is 0 Å². The van der Waals surface area contributed by atoms with E-state index in [1.165, 1.54) is 12.1 Å². The van der Waals surface area contributed by atoms with Gasteiger partial charge in [0.2, 0.25) is 0 Å². The maximum absolute atomic E-state index is 9.68. The summed E-state index contributed by atoms with van der Waals surface area (Å²) in [6.07, 6.45) is 0.374. The molecule has 0 spiro atoms. The summed E-state index contributed by atoms with van der Waals surface area (Å²) in [5.41, 5.74) is 1.30. The summed E-state index contributed by atoms with van der Waals surface area (Å²) < 4.78 is 0. The number of rotatable bonds is 2. The lowest BCUT2D eigenvalue weighted by Gasteiger charge is -2.07. The summed E-state index contributed by atoms with van der Waals surface area (Å²) >= 11 is 11.7. The monoisotopic (exact) mass is 285 g/mol. The molecule has 0 fully saturated rings. The van der Waals surface area contributed by atoms with E-state index in [2.05, 4.69) is 0 Å². The van der Waals surface area contributed by atoms with E-state index in [4.69, 9.17) is 23.2 Å². The van der Waals surface area contributed by atoms with Crippen LogP contribution in [-0.4, -0.2) is 10.2 Å². The molecule has 0 atom stereocenters. The van der Waals surface area contributed by atoms with Crippen molar-refractivity contribution in [2.75, 3.05) is 0 Å². The maximum atomic E-state index is 9.68. The van der Waals surface area contributed by atoms with Crippen LogP contribution in [0.25, 0.3) is 0 Å². The summed E-state index contributed by atoms with van der Waals surface area (Å²) in [6.45, 7) is 0. The highest BCUT2D eigenvalue weighted by Crippen LogP contribution is 2.29. The smallest absolute Gasteiger partial charge is 0.119 e. The largest absolute Gasteiger partial charge is 0.508 e. The molecular weight excluding hydrogens is 273 g/mol. The van der Waals surface area contributed by atoms with Crippen molar-refractivity contribution in [2.24, 2.45) is 0 Å². The number of hydrogen-bond donors (Lipinski definition) is 3. The zero-order valence-electron chi connectivity index (χ0n) is 9.53. The quantitative estimate of drug-likeness (QED) is 0.776. The number of aromatic hydroxyl groups is 2. The van der Waals surface area contributed by atoms with E-state index in [1.807, 2.05) is 0 Å². The van der Waals surface area contributed by atoms with Crippen LogP contribution in [0.1, 0.15) is 11.1 Å². The van der Waals surface area contributed by atoms with Gasteiger partial charge < -0.3 is 16.4 Å². The Morgan fingerprint density at radius 3 is 1.56 bits per heavy atom. The molecule has 0 bridgehead atoms. The fraction of sp³-hybridized carbons (Fsp3) is 0.0769. The van der Waals surface area contributed by atoms with Gasteiger partial charge in [-0.25, -0.2) is 0 Å². The van der Waals surface area contributed by atoms with Crippen molar-refractivity contribution in [2.45, 2.75) is 6.42 Å².